The minimum Gasteiger partial charge on any atom is -0.428 e. The molecule has 0 spiro atoms. The molecule has 1 heterocycles. The molecule has 176 valence electrons. The zero-order chi connectivity index (χ0) is 24.4. The first-order valence-corrected chi connectivity index (χ1v) is 11.6. The Balaban J connectivity index is 1.31. The molecule has 1 aliphatic rings. The molecule has 0 amide bonds. The Morgan fingerprint density at radius 3 is 2.34 bits per heavy atom. The maximum Gasteiger partial charge on any atom is 0.340 e. The highest BCUT2D eigenvalue weighted by molar-refractivity contribution is 6.04. The molecule has 1 atom stereocenters. The van der Waals surface area contributed by atoms with Crippen LogP contribution < -0.4 is 0 Å². The van der Waals surface area contributed by atoms with Crippen LogP contribution in [0.3, 0.4) is 0 Å². The summed E-state index contributed by atoms with van der Waals surface area (Å²) in [7, 11) is 0. The number of esters is 2. The van der Waals surface area contributed by atoms with Crippen LogP contribution in [0.1, 0.15) is 44.0 Å². The van der Waals surface area contributed by atoms with E-state index < -0.39 is 18.7 Å². The van der Waals surface area contributed by atoms with E-state index in [1.807, 2.05) is 73.7 Å². The van der Waals surface area contributed by atoms with Gasteiger partial charge in [0.15, 0.2) is 0 Å². The summed E-state index contributed by atoms with van der Waals surface area (Å²) in [4.78, 5) is 38.3. The first kappa shape index (κ1) is 22.6. The van der Waals surface area contributed by atoms with Gasteiger partial charge in [-0.2, -0.15) is 0 Å². The first-order valence-electron chi connectivity index (χ1n) is 11.6. The van der Waals surface area contributed by atoms with Crippen LogP contribution in [0.2, 0.25) is 0 Å². The molecular formula is C29H25NO5. The second-order valence-corrected chi connectivity index (χ2v) is 8.77. The number of para-hydroxylation sites is 1. The minimum absolute atomic E-state index is 0.0768. The lowest BCUT2D eigenvalue weighted by Gasteiger charge is -2.22. The van der Waals surface area contributed by atoms with Crippen molar-refractivity contribution in [2.24, 2.45) is 5.92 Å². The van der Waals surface area contributed by atoms with Crippen LogP contribution in [-0.4, -0.2) is 29.2 Å². The standard InChI is InChI=1S/C29H25NO5/c1-19-11-13-21(14-12-19)28(32)34-18-35-29(33)22-15-16-26-24(17-22)23-9-5-6-10-25(23)30(26)27(31)20-7-3-2-4-8-20/h2-14,22H,15-18H2,1H3. The maximum absolute atomic E-state index is 13.4. The van der Waals surface area contributed by atoms with Gasteiger partial charge in [0.2, 0.25) is 6.79 Å². The van der Waals surface area contributed by atoms with Crippen molar-refractivity contribution >= 4 is 28.7 Å². The molecule has 0 bridgehead atoms. The van der Waals surface area contributed by atoms with Crippen LogP contribution in [0.4, 0.5) is 0 Å². The predicted octanol–water partition coefficient (Wildman–Crippen LogP) is 5.10. The molecule has 3 aromatic carbocycles. The van der Waals surface area contributed by atoms with E-state index in [0.717, 1.165) is 27.7 Å². The van der Waals surface area contributed by atoms with Crippen LogP contribution in [0.15, 0.2) is 78.9 Å². The van der Waals surface area contributed by atoms with Crippen molar-refractivity contribution in [1.29, 1.82) is 0 Å². The monoisotopic (exact) mass is 467 g/mol. The highest BCUT2D eigenvalue weighted by Gasteiger charge is 2.32. The van der Waals surface area contributed by atoms with Gasteiger partial charge in [0, 0.05) is 16.6 Å². The van der Waals surface area contributed by atoms with Crippen molar-refractivity contribution in [3.8, 4) is 0 Å². The lowest BCUT2D eigenvalue weighted by Crippen LogP contribution is -2.27. The number of ether oxygens (including phenoxy) is 2. The topological polar surface area (TPSA) is 74.6 Å². The van der Waals surface area contributed by atoms with Gasteiger partial charge in [-0.05, 0) is 62.1 Å². The summed E-state index contributed by atoms with van der Waals surface area (Å²) < 4.78 is 12.2. The van der Waals surface area contributed by atoms with Gasteiger partial charge < -0.3 is 9.47 Å². The summed E-state index contributed by atoms with van der Waals surface area (Å²) in [5.74, 6) is -1.39. The smallest absolute Gasteiger partial charge is 0.340 e. The van der Waals surface area contributed by atoms with Crippen molar-refractivity contribution < 1.29 is 23.9 Å². The minimum atomic E-state index is -0.536. The van der Waals surface area contributed by atoms with E-state index in [1.165, 1.54) is 0 Å². The summed E-state index contributed by atoms with van der Waals surface area (Å²) in [5, 5.41) is 0.968. The third kappa shape index (κ3) is 4.47. The van der Waals surface area contributed by atoms with Gasteiger partial charge in [-0.3, -0.25) is 14.2 Å². The van der Waals surface area contributed by atoms with E-state index in [0.29, 0.717) is 30.4 Å². The van der Waals surface area contributed by atoms with Crippen LogP contribution in [0.5, 0.6) is 0 Å². The Morgan fingerprint density at radius 2 is 1.57 bits per heavy atom. The molecule has 0 saturated heterocycles. The van der Waals surface area contributed by atoms with E-state index in [4.69, 9.17) is 9.47 Å². The molecule has 0 fully saturated rings. The summed E-state index contributed by atoms with van der Waals surface area (Å²) in [5.41, 5.74) is 4.84. The predicted molar refractivity (Wildman–Crippen MR) is 131 cm³/mol. The quantitative estimate of drug-likeness (QED) is 0.302. The fourth-order valence-corrected chi connectivity index (χ4v) is 4.68. The number of hydrogen-bond donors (Lipinski definition) is 0. The van der Waals surface area contributed by atoms with Gasteiger partial charge >= 0.3 is 11.9 Å². The lowest BCUT2D eigenvalue weighted by molar-refractivity contribution is -0.157. The van der Waals surface area contributed by atoms with Crippen LogP contribution >= 0.6 is 0 Å². The number of carbonyl (C=O) groups is 3. The van der Waals surface area contributed by atoms with Gasteiger partial charge in [0.05, 0.1) is 17.0 Å². The molecule has 0 N–H and O–H groups in total. The van der Waals surface area contributed by atoms with E-state index in [-0.39, 0.29) is 11.8 Å². The molecule has 35 heavy (non-hydrogen) atoms. The lowest BCUT2D eigenvalue weighted by atomic mass is 9.86. The van der Waals surface area contributed by atoms with E-state index >= 15 is 0 Å². The average Bonchev–Trinajstić information content (AvgIpc) is 3.22. The molecular weight excluding hydrogens is 442 g/mol. The molecule has 1 aliphatic carbocycles. The second kappa shape index (κ2) is 9.58. The molecule has 1 unspecified atom stereocenters. The second-order valence-electron chi connectivity index (χ2n) is 8.77. The molecule has 0 saturated carbocycles. The summed E-state index contributed by atoms with van der Waals surface area (Å²) in [6.45, 7) is 1.50. The number of aromatic nitrogens is 1. The normalized spacial score (nSPS) is 14.8. The van der Waals surface area contributed by atoms with Crippen molar-refractivity contribution in [2.75, 3.05) is 6.79 Å². The van der Waals surface area contributed by atoms with Crippen LogP contribution in [0.25, 0.3) is 10.9 Å². The molecule has 6 nitrogen and oxygen atoms in total. The summed E-state index contributed by atoms with van der Waals surface area (Å²) >= 11 is 0. The van der Waals surface area contributed by atoms with E-state index in [1.54, 1.807) is 16.7 Å². The van der Waals surface area contributed by atoms with Gasteiger partial charge in [-0.15, -0.1) is 0 Å². The summed E-state index contributed by atoms with van der Waals surface area (Å²) in [6, 6.07) is 24.0. The third-order valence-electron chi connectivity index (χ3n) is 6.50. The molecule has 6 heteroatoms. The highest BCUT2D eigenvalue weighted by Crippen LogP contribution is 2.35. The summed E-state index contributed by atoms with van der Waals surface area (Å²) in [6.07, 6.45) is 1.59. The fraction of sp³-hybridized carbons (Fsp3) is 0.207. The zero-order valence-corrected chi connectivity index (χ0v) is 19.4. The Hall–Kier alpha value is -4.19. The largest absolute Gasteiger partial charge is 0.428 e. The Bertz CT molecular complexity index is 1400. The molecule has 4 aromatic rings. The van der Waals surface area contributed by atoms with E-state index in [9.17, 15) is 14.4 Å². The SMILES string of the molecule is Cc1ccc(C(=O)OCOC(=O)C2CCc3c(c4ccccc4n3C(=O)c3ccccc3)C2)cc1. The average molecular weight is 468 g/mol. The van der Waals surface area contributed by atoms with Crippen LogP contribution in [-0.2, 0) is 27.1 Å². The van der Waals surface area contributed by atoms with Crippen molar-refractivity contribution in [2.45, 2.75) is 26.2 Å². The molecule has 0 radical (unpaired) electrons. The Labute approximate surface area is 203 Å². The molecule has 1 aromatic heterocycles. The van der Waals surface area contributed by atoms with Crippen molar-refractivity contribution in [1.82, 2.24) is 4.57 Å². The van der Waals surface area contributed by atoms with E-state index in [2.05, 4.69) is 0 Å². The number of carbonyl (C=O) groups excluding carboxylic acids is 3. The Kier molecular flexibility index (Phi) is 6.19. The van der Waals surface area contributed by atoms with Gasteiger partial charge in [0.25, 0.3) is 5.91 Å². The van der Waals surface area contributed by atoms with Gasteiger partial charge in [-0.25, -0.2) is 4.79 Å². The number of aryl methyl sites for hydroxylation is 1. The number of fused-ring (bicyclic) bond motifs is 3. The zero-order valence-electron chi connectivity index (χ0n) is 19.4. The fourth-order valence-electron chi connectivity index (χ4n) is 4.68. The number of nitrogens with zero attached hydrogens (tertiary/aromatic N) is 1. The number of hydrogen-bond acceptors (Lipinski definition) is 5. The first-order chi connectivity index (χ1) is 17.0. The third-order valence-corrected chi connectivity index (χ3v) is 6.50. The number of rotatable bonds is 5. The maximum atomic E-state index is 13.4. The molecule has 0 aliphatic heterocycles. The van der Waals surface area contributed by atoms with Crippen molar-refractivity contribution in [3.63, 3.8) is 0 Å². The number of benzene rings is 3. The highest BCUT2D eigenvalue weighted by atomic mass is 16.7. The Morgan fingerprint density at radius 1 is 0.857 bits per heavy atom. The molecule has 5 rings (SSSR count). The van der Waals surface area contributed by atoms with Gasteiger partial charge in [0.1, 0.15) is 0 Å². The van der Waals surface area contributed by atoms with Crippen LogP contribution in [0, 0.1) is 12.8 Å². The van der Waals surface area contributed by atoms with Gasteiger partial charge in [-0.1, -0.05) is 54.1 Å². The van der Waals surface area contributed by atoms with Crippen molar-refractivity contribution in [3.05, 3.63) is 107 Å².